The highest BCUT2D eigenvalue weighted by Gasteiger charge is 2.60. The van der Waals surface area contributed by atoms with Crippen LogP contribution >= 0.6 is 7.82 Å². The predicted octanol–water partition coefficient (Wildman–Crippen LogP) is 17.3. The maximum Gasteiger partial charge on any atom is 0.472 e. The standard InChI is InChI=1S/C91H169O25P/c1-7-11-15-19-23-25-27-29-31-33-35-45-54-62-75(94)108-68-73-79(98)81(100)85(104)91(112-73)115-88-86(113-77(96)64-56-47-36-34-32-30-28-26-24-20-16-12-8-2)82(101)83(102)87(114-90-84(103)80(99)78(97)72(65-92)111-90)89(88)116-117(105,106)109-67-71(110-76(95)63-55-48-40-38-44-52-60-70(6)58-50-42-22-18-14-10-4)66-107-74(93)61-53-46-39-37-43-51-59-69(5)57-49-41-21-17-13-9-3/h29,31,69-73,78-92,97-104H,7-28,30,32-68H2,1-6H3,(H,105,106)/b31-29-. The molecular weight excluding hydrogens is 1520 g/mol. The highest BCUT2D eigenvalue weighted by Crippen LogP contribution is 2.49. The zero-order chi connectivity index (χ0) is 85.7. The number of aliphatic hydroxyl groups is 9. The summed E-state index contributed by atoms with van der Waals surface area (Å²) in [6.07, 6.45) is 23.7. The van der Waals surface area contributed by atoms with Crippen molar-refractivity contribution in [2.45, 2.75) is 505 Å². The third kappa shape index (κ3) is 49.5. The Morgan fingerprint density at radius 3 is 1.11 bits per heavy atom. The Morgan fingerprint density at radius 1 is 0.359 bits per heavy atom. The van der Waals surface area contributed by atoms with Gasteiger partial charge in [0.1, 0.15) is 92.6 Å². The maximum absolute atomic E-state index is 14.9. The van der Waals surface area contributed by atoms with Crippen molar-refractivity contribution in [3.8, 4) is 0 Å². The van der Waals surface area contributed by atoms with Gasteiger partial charge < -0.3 is 88.7 Å². The van der Waals surface area contributed by atoms with Gasteiger partial charge in [-0.3, -0.25) is 28.2 Å². The Kier molecular flexibility index (Phi) is 63.5. The van der Waals surface area contributed by atoms with E-state index in [0.29, 0.717) is 50.4 Å². The molecule has 117 heavy (non-hydrogen) atoms. The van der Waals surface area contributed by atoms with Crippen molar-refractivity contribution >= 4 is 31.7 Å². The monoisotopic (exact) mass is 1690 g/mol. The molecule has 0 aromatic heterocycles. The number of carbonyl (C=O) groups is 4. The molecule has 3 fully saturated rings. The molecule has 25 nitrogen and oxygen atoms in total. The van der Waals surface area contributed by atoms with Crippen molar-refractivity contribution in [3.63, 3.8) is 0 Å². The normalized spacial score (nSPS) is 25.6. The molecular formula is C91H169O25P. The number of ether oxygens (including phenoxy) is 8. The van der Waals surface area contributed by atoms with E-state index in [4.69, 9.17) is 46.9 Å². The smallest absolute Gasteiger partial charge is 0.463 e. The molecule has 0 aromatic carbocycles. The molecule has 0 amide bonds. The molecule has 0 bridgehead atoms. The minimum Gasteiger partial charge on any atom is -0.463 e. The fourth-order valence-corrected chi connectivity index (χ4v) is 16.8. The van der Waals surface area contributed by atoms with Gasteiger partial charge in [-0.25, -0.2) is 4.57 Å². The van der Waals surface area contributed by atoms with Gasteiger partial charge in [-0.05, 0) is 63.2 Å². The van der Waals surface area contributed by atoms with E-state index in [2.05, 4.69) is 53.7 Å². The summed E-state index contributed by atoms with van der Waals surface area (Å²) in [5, 5.41) is 102. The first-order valence-corrected chi connectivity index (χ1v) is 48.7. The van der Waals surface area contributed by atoms with Gasteiger partial charge in [0.2, 0.25) is 0 Å². The van der Waals surface area contributed by atoms with Crippen LogP contribution < -0.4 is 0 Å². The third-order valence-electron chi connectivity index (χ3n) is 23.6. The summed E-state index contributed by atoms with van der Waals surface area (Å²) in [5.74, 6) is -1.62. The molecule has 0 spiro atoms. The van der Waals surface area contributed by atoms with Crippen LogP contribution in [0.2, 0.25) is 0 Å². The number of carbonyl (C=O) groups excluding carboxylic acids is 4. The van der Waals surface area contributed by atoms with E-state index in [1.165, 1.54) is 173 Å². The summed E-state index contributed by atoms with van der Waals surface area (Å²) in [6.45, 7) is 10.2. The molecule has 20 unspecified atom stereocenters. The molecule has 0 aromatic rings. The van der Waals surface area contributed by atoms with E-state index in [-0.39, 0.29) is 25.7 Å². The van der Waals surface area contributed by atoms with Crippen molar-refractivity contribution in [2.24, 2.45) is 11.8 Å². The zero-order valence-electron chi connectivity index (χ0n) is 73.6. The minimum atomic E-state index is -5.81. The van der Waals surface area contributed by atoms with Gasteiger partial charge in [-0.1, -0.05) is 336 Å². The average molecular weight is 1690 g/mol. The lowest BCUT2D eigenvalue weighted by molar-refractivity contribution is -0.360. The molecule has 3 aliphatic rings. The first-order valence-electron chi connectivity index (χ1n) is 47.2. The summed E-state index contributed by atoms with van der Waals surface area (Å²) in [6, 6.07) is 0. The number of phosphoric ester groups is 1. The van der Waals surface area contributed by atoms with Crippen LogP contribution in [0.3, 0.4) is 0 Å². The van der Waals surface area contributed by atoms with Gasteiger partial charge in [-0.15, -0.1) is 0 Å². The Bertz CT molecular complexity index is 2520. The predicted molar refractivity (Wildman–Crippen MR) is 453 cm³/mol. The van der Waals surface area contributed by atoms with E-state index in [9.17, 15) is 74.6 Å². The van der Waals surface area contributed by atoms with Gasteiger partial charge in [0.15, 0.2) is 24.8 Å². The summed E-state index contributed by atoms with van der Waals surface area (Å²) < 4.78 is 73.5. The molecule has 2 saturated heterocycles. The lowest BCUT2D eigenvalue weighted by Gasteiger charge is -2.50. The Morgan fingerprint density at radius 2 is 0.692 bits per heavy atom. The summed E-state index contributed by atoms with van der Waals surface area (Å²) >= 11 is 0. The Balaban J connectivity index is 1.93. The van der Waals surface area contributed by atoms with Crippen LogP contribution in [0, 0.1) is 11.8 Å². The van der Waals surface area contributed by atoms with Gasteiger partial charge in [-0.2, -0.15) is 0 Å². The molecule has 20 atom stereocenters. The van der Waals surface area contributed by atoms with E-state index in [1.54, 1.807) is 0 Å². The Hall–Kier alpha value is -2.79. The third-order valence-corrected chi connectivity index (χ3v) is 24.5. The van der Waals surface area contributed by atoms with Gasteiger partial charge in [0, 0.05) is 25.7 Å². The summed E-state index contributed by atoms with van der Waals surface area (Å²) in [7, 11) is -5.81. The highest BCUT2D eigenvalue weighted by molar-refractivity contribution is 7.47. The number of hydrogen-bond acceptors (Lipinski definition) is 24. The summed E-state index contributed by atoms with van der Waals surface area (Å²) in [4.78, 5) is 66.5. The second-order valence-corrected chi connectivity index (χ2v) is 35.8. The van der Waals surface area contributed by atoms with Crippen molar-refractivity contribution < 1.29 is 122 Å². The fourth-order valence-electron chi connectivity index (χ4n) is 15.9. The molecule has 2 heterocycles. The topological polar surface area (TPSA) is 380 Å². The number of allylic oxidation sites excluding steroid dienone is 2. The quantitative estimate of drug-likeness (QED) is 0.00889. The van der Waals surface area contributed by atoms with Crippen LogP contribution in [0.25, 0.3) is 0 Å². The number of hydrogen-bond donors (Lipinski definition) is 10. The van der Waals surface area contributed by atoms with Crippen molar-refractivity contribution in [2.75, 3.05) is 26.4 Å². The van der Waals surface area contributed by atoms with Gasteiger partial charge >= 0.3 is 31.7 Å². The number of esters is 4. The number of phosphoric acid groups is 1. The maximum atomic E-state index is 14.9. The number of aliphatic hydroxyl groups excluding tert-OH is 9. The number of unbranched alkanes of at least 4 members (excludes halogenated alkanes) is 41. The van der Waals surface area contributed by atoms with Crippen LogP contribution in [0.4, 0.5) is 0 Å². The zero-order valence-corrected chi connectivity index (χ0v) is 74.5. The SMILES string of the molecule is CCCCCCCC/C=C\CCCCCC(=O)OCC1OC(OC2C(OC(=O)CCCCCCCCCCCCCCC)C(O)C(O)C(OC3OC(CO)C(O)C(O)C3O)C2OP(=O)(O)OCC(COC(=O)CCCCCCCCC(C)CCCCCCCC)OC(=O)CCCCCCCCC(C)CCCCCCCC)C(O)C(O)C1O. The second kappa shape index (κ2) is 68.5. The van der Waals surface area contributed by atoms with Gasteiger partial charge in [0.25, 0.3) is 0 Å². The molecule has 688 valence electrons. The largest absolute Gasteiger partial charge is 0.472 e. The first-order chi connectivity index (χ1) is 56.5. The van der Waals surface area contributed by atoms with E-state index < -0.39 is 162 Å². The van der Waals surface area contributed by atoms with Crippen LogP contribution in [0.5, 0.6) is 0 Å². The van der Waals surface area contributed by atoms with Crippen molar-refractivity contribution in [3.05, 3.63) is 12.2 Å². The van der Waals surface area contributed by atoms with Crippen molar-refractivity contribution in [1.82, 2.24) is 0 Å². The molecule has 10 N–H and O–H groups in total. The van der Waals surface area contributed by atoms with E-state index in [1.807, 2.05) is 0 Å². The lowest BCUT2D eigenvalue weighted by atomic mass is 9.84. The summed E-state index contributed by atoms with van der Waals surface area (Å²) in [5.41, 5.74) is 0. The highest BCUT2D eigenvalue weighted by atomic mass is 31.2. The molecule has 2 aliphatic heterocycles. The van der Waals surface area contributed by atoms with Crippen LogP contribution in [0.15, 0.2) is 12.2 Å². The lowest BCUT2D eigenvalue weighted by Crippen LogP contribution is -2.70. The number of rotatable bonds is 75. The van der Waals surface area contributed by atoms with Crippen LogP contribution in [0.1, 0.15) is 401 Å². The molecule has 26 heteroatoms. The molecule has 1 aliphatic carbocycles. The Labute approximate surface area is 705 Å². The molecule has 3 rings (SSSR count). The minimum absolute atomic E-state index is 0.00515. The fraction of sp³-hybridized carbons (Fsp3) is 0.934. The van der Waals surface area contributed by atoms with Crippen molar-refractivity contribution in [1.29, 1.82) is 0 Å². The second-order valence-electron chi connectivity index (χ2n) is 34.4. The first kappa shape index (κ1) is 108. The van der Waals surface area contributed by atoms with Crippen LogP contribution in [-0.2, 0) is 70.7 Å². The van der Waals surface area contributed by atoms with Gasteiger partial charge in [0.05, 0.1) is 13.2 Å². The molecule has 1 saturated carbocycles. The molecule has 0 radical (unpaired) electrons. The van der Waals surface area contributed by atoms with Crippen LogP contribution in [-0.4, -0.2) is 205 Å². The van der Waals surface area contributed by atoms with E-state index >= 15 is 0 Å². The van der Waals surface area contributed by atoms with E-state index in [0.717, 1.165) is 122 Å². The average Bonchev–Trinajstić information content (AvgIpc) is 0.753.